The normalized spacial score (nSPS) is 17.3. The van der Waals surface area contributed by atoms with Gasteiger partial charge >= 0.3 is 48.4 Å². The number of nitrogens with zero attached hydrogens (tertiary/aromatic N) is 1. The number of carbonyl (C=O) groups excluding carboxylic acids is 1. The van der Waals surface area contributed by atoms with Gasteiger partial charge in [0, 0.05) is 17.8 Å². The van der Waals surface area contributed by atoms with Gasteiger partial charge in [-0.05, 0) is 12.1 Å². The Balaban J connectivity index is 3.60. The lowest BCUT2D eigenvalue weighted by atomic mass is 10.2. The number of nitro benzene ring substituents is 1. The zero-order chi connectivity index (χ0) is 31.3. The van der Waals surface area contributed by atoms with Crippen molar-refractivity contribution in [3.8, 4) is 0 Å². The number of rotatable bonds is 9. The fourth-order valence-corrected chi connectivity index (χ4v) is 2.04. The third-order valence-corrected chi connectivity index (χ3v) is 3.99. The summed E-state index contributed by atoms with van der Waals surface area (Å²) in [6, 6.07) is 1.27. The number of benzene rings is 1. The van der Waals surface area contributed by atoms with Crippen LogP contribution in [-0.2, 0) is 14.3 Å². The third kappa shape index (κ3) is 6.19. The fraction of sp³-hybridized carbons (Fsp3) is 0.533. The number of ether oxygens (including phenoxy) is 2. The van der Waals surface area contributed by atoms with E-state index in [1.807, 2.05) is 4.74 Å². The number of hydrogen-bond donors (Lipinski definition) is 1. The molecule has 0 aliphatic rings. The minimum Gasteiger partial charge on any atom is -0.321 e. The minimum absolute atomic E-state index is 0.267. The lowest BCUT2D eigenvalue weighted by Gasteiger charge is -2.40. The molecule has 1 amide bonds. The van der Waals surface area contributed by atoms with Gasteiger partial charge in [-0.25, -0.2) is 0 Å². The Bertz CT molecular complexity index is 1070. The molecule has 0 aromatic heterocycles. The van der Waals surface area contributed by atoms with Crippen LogP contribution >= 0.6 is 0 Å². The number of nitrogens with one attached hydrogen (secondary N) is 1. The smallest absolute Gasteiger partial charge is 0.321 e. The van der Waals surface area contributed by atoms with E-state index in [1.54, 1.807) is 0 Å². The standard InChI is InChI=1S/C15H5F17N2O5/c16-8(11(20,21)22,7(35)33-5-1-3-6(4-2-5)34(36)37)38-15(31,32)10(19,13(26,27)28)39-14(29,30)9(17,18)12(23,24)25/h1-4H,(H,33,35)/t8-,10-/m1/s1. The van der Waals surface area contributed by atoms with Crippen LogP contribution in [0.25, 0.3) is 0 Å². The second-order valence-corrected chi connectivity index (χ2v) is 6.75. The van der Waals surface area contributed by atoms with Crippen molar-refractivity contribution < 1.29 is 93.8 Å². The summed E-state index contributed by atoms with van der Waals surface area (Å²) in [6.07, 6.45) is -38.9. The molecule has 0 radical (unpaired) electrons. The van der Waals surface area contributed by atoms with Crippen LogP contribution in [0, 0.1) is 10.1 Å². The third-order valence-electron chi connectivity index (χ3n) is 3.99. The van der Waals surface area contributed by atoms with Crippen molar-refractivity contribution >= 4 is 17.3 Å². The van der Waals surface area contributed by atoms with E-state index >= 15 is 0 Å². The van der Waals surface area contributed by atoms with Gasteiger partial charge in [0.25, 0.3) is 11.6 Å². The molecule has 0 aliphatic carbocycles. The highest BCUT2D eigenvalue weighted by atomic mass is 19.4. The quantitative estimate of drug-likeness (QED) is 0.197. The average molecular weight is 616 g/mol. The summed E-state index contributed by atoms with van der Waals surface area (Å²) in [5.41, 5.74) is -2.04. The van der Waals surface area contributed by atoms with Crippen molar-refractivity contribution in [1.82, 2.24) is 0 Å². The van der Waals surface area contributed by atoms with Gasteiger partial charge in [0.2, 0.25) is 0 Å². The molecule has 224 valence electrons. The molecule has 0 spiro atoms. The molecule has 0 unspecified atom stereocenters. The van der Waals surface area contributed by atoms with Crippen LogP contribution in [0.15, 0.2) is 24.3 Å². The van der Waals surface area contributed by atoms with Gasteiger partial charge < -0.3 is 5.32 Å². The number of hydrogen-bond acceptors (Lipinski definition) is 5. The van der Waals surface area contributed by atoms with E-state index in [9.17, 15) is 89.5 Å². The molecule has 2 atom stereocenters. The summed E-state index contributed by atoms with van der Waals surface area (Å²) in [5.74, 6) is -26.6. The second kappa shape index (κ2) is 9.78. The number of carbonyl (C=O) groups is 1. The van der Waals surface area contributed by atoms with Gasteiger partial charge in [-0.2, -0.15) is 74.6 Å². The molecule has 0 aliphatic heterocycles. The molecule has 1 rings (SSSR count). The summed E-state index contributed by atoms with van der Waals surface area (Å²) in [4.78, 5) is 21.0. The number of alkyl halides is 17. The molecule has 24 heteroatoms. The van der Waals surface area contributed by atoms with Crippen molar-refractivity contribution in [3.05, 3.63) is 34.4 Å². The van der Waals surface area contributed by atoms with Gasteiger partial charge in [-0.1, -0.05) is 0 Å². The molecule has 0 fully saturated rings. The Morgan fingerprint density at radius 3 is 1.44 bits per heavy atom. The summed E-state index contributed by atoms with van der Waals surface area (Å²) < 4.78 is 226. The largest absolute Gasteiger partial charge is 0.462 e. The molecular formula is C15H5F17N2O5. The topological polar surface area (TPSA) is 90.7 Å². The average Bonchev–Trinajstić information content (AvgIpc) is 2.70. The first-order chi connectivity index (χ1) is 17.0. The Morgan fingerprint density at radius 1 is 0.667 bits per heavy atom. The van der Waals surface area contributed by atoms with Crippen LogP contribution in [0.5, 0.6) is 0 Å². The molecular weight excluding hydrogens is 611 g/mol. The highest BCUT2D eigenvalue weighted by Crippen LogP contribution is 2.56. The van der Waals surface area contributed by atoms with Gasteiger partial charge in [-0.3, -0.25) is 24.4 Å². The van der Waals surface area contributed by atoms with E-state index < -0.39 is 70.6 Å². The Morgan fingerprint density at radius 2 is 1.10 bits per heavy atom. The molecule has 0 saturated carbocycles. The molecule has 0 heterocycles. The molecule has 1 aromatic rings. The summed E-state index contributed by atoms with van der Waals surface area (Å²) in [6.45, 7) is 0. The van der Waals surface area contributed by atoms with Crippen LogP contribution in [0.2, 0.25) is 0 Å². The molecule has 39 heavy (non-hydrogen) atoms. The van der Waals surface area contributed by atoms with E-state index in [0.717, 1.165) is 0 Å². The van der Waals surface area contributed by atoms with Crippen molar-refractivity contribution in [2.75, 3.05) is 5.32 Å². The molecule has 7 nitrogen and oxygen atoms in total. The predicted molar refractivity (Wildman–Crippen MR) is 84.6 cm³/mol. The van der Waals surface area contributed by atoms with Crippen LogP contribution in [-0.4, -0.2) is 59.2 Å². The van der Waals surface area contributed by atoms with E-state index in [1.165, 1.54) is 4.74 Å². The maximum absolute atomic E-state index is 14.4. The number of amides is 1. The maximum atomic E-state index is 14.4. The monoisotopic (exact) mass is 616 g/mol. The number of non-ortho nitro benzene ring substituents is 1. The highest BCUT2D eigenvalue weighted by Gasteiger charge is 2.85. The number of nitro groups is 1. The summed E-state index contributed by atoms with van der Waals surface area (Å²) >= 11 is 0. The molecule has 1 aromatic carbocycles. The summed E-state index contributed by atoms with van der Waals surface area (Å²) in [5, 5.41) is 11.2. The maximum Gasteiger partial charge on any atom is 0.462 e. The van der Waals surface area contributed by atoms with Crippen molar-refractivity contribution in [3.63, 3.8) is 0 Å². The van der Waals surface area contributed by atoms with E-state index in [0.29, 0.717) is 17.4 Å². The van der Waals surface area contributed by atoms with Crippen molar-refractivity contribution in [1.29, 1.82) is 0 Å². The van der Waals surface area contributed by atoms with Crippen LogP contribution in [0.1, 0.15) is 0 Å². The zero-order valence-corrected chi connectivity index (χ0v) is 17.2. The predicted octanol–water partition coefficient (Wildman–Crippen LogP) is 6.41. The molecule has 0 saturated heterocycles. The van der Waals surface area contributed by atoms with Crippen LogP contribution < -0.4 is 5.32 Å². The zero-order valence-electron chi connectivity index (χ0n) is 17.2. The first-order valence-electron chi connectivity index (χ1n) is 8.64. The SMILES string of the molecule is O=C(Nc1ccc([N+](=O)[O-])cc1)[C@@](F)(OC(F)(F)[C@](F)(OC(F)(F)C(F)(F)C(F)(F)F)C(F)(F)F)C(F)(F)F. The van der Waals surface area contributed by atoms with Gasteiger partial charge in [0.15, 0.2) is 0 Å². The van der Waals surface area contributed by atoms with Gasteiger partial charge in [0.05, 0.1) is 4.92 Å². The van der Waals surface area contributed by atoms with Crippen molar-refractivity contribution in [2.24, 2.45) is 0 Å². The van der Waals surface area contributed by atoms with Crippen LogP contribution in [0.4, 0.5) is 86.0 Å². The number of anilines is 1. The Kier molecular flexibility index (Phi) is 8.49. The van der Waals surface area contributed by atoms with E-state index in [-0.39, 0.29) is 12.1 Å². The second-order valence-electron chi connectivity index (χ2n) is 6.75. The minimum atomic E-state index is -8.13. The first kappa shape index (κ1) is 33.8. The van der Waals surface area contributed by atoms with E-state index in [2.05, 4.69) is 0 Å². The van der Waals surface area contributed by atoms with Gasteiger partial charge in [-0.15, -0.1) is 0 Å². The van der Waals surface area contributed by atoms with Crippen molar-refractivity contribution in [2.45, 2.75) is 48.4 Å². The Labute approximate surface area is 200 Å². The fourth-order valence-electron chi connectivity index (χ4n) is 2.04. The molecule has 0 bridgehead atoms. The van der Waals surface area contributed by atoms with Gasteiger partial charge in [0.1, 0.15) is 0 Å². The van der Waals surface area contributed by atoms with Crippen LogP contribution in [0.3, 0.4) is 0 Å². The lowest BCUT2D eigenvalue weighted by molar-refractivity contribution is -0.548. The van der Waals surface area contributed by atoms with E-state index in [4.69, 9.17) is 0 Å². The Hall–Kier alpha value is -3.18. The lowest BCUT2D eigenvalue weighted by Crippen LogP contribution is -2.68. The number of halogens is 17. The summed E-state index contributed by atoms with van der Waals surface area (Å²) in [7, 11) is 0. The highest BCUT2D eigenvalue weighted by molar-refractivity contribution is 5.97. The molecule has 1 N–H and O–H groups in total. The first-order valence-corrected chi connectivity index (χ1v) is 8.64.